The van der Waals surface area contributed by atoms with Crippen molar-refractivity contribution in [3.63, 3.8) is 0 Å². The van der Waals surface area contributed by atoms with Crippen molar-refractivity contribution in [2.45, 2.75) is 20.3 Å². The van der Waals surface area contributed by atoms with Crippen LogP contribution in [0.25, 0.3) is 11.3 Å². The Bertz CT molecular complexity index is 686. The van der Waals surface area contributed by atoms with E-state index < -0.39 is 5.97 Å². The number of carboxylic acids is 1. The fourth-order valence-corrected chi connectivity index (χ4v) is 1.88. The van der Waals surface area contributed by atoms with Crippen LogP contribution in [-0.4, -0.2) is 16.1 Å². The molecule has 2 N–H and O–H groups in total. The third-order valence-corrected chi connectivity index (χ3v) is 3.15. The van der Waals surface area contributed by atoms with Gasteiger partial charge in [-0.3, -0.25) is 9.59 Å². The summed E-state index contributed by atoms with van der Waals surface area (Å²) in [6.45, 7) is 4.04. The summed E-state index contributed by atoms with van der Waals surface area (Å²) in [5, 5.41) is 8.69. The number of H-pyrrole nitrogens is 1. The van der Waals surface area contributed by atoms with Crippen LogP contribution in [0.3, 0.4) is 0 Å². The number of aryl methyl sites for hydroxylation is 2. The van der Waals surface area contributed by atoms with Crippen molar-refractivity contribution in [3.05, 3.63) is 57.4 Å². The van der Waals surface area contributed by atoms with Gasteiger partial charge in [0.05, 0.1) is 6.42 Å². The van der Waals surface area contributed by atoms with Crippen LogP contribution in [0.2, 0.25) is 0 Å². The number of hydrogen-bond donors (Lipinski definition) is 2. The molecule has 1 heterocycles. The minimum absolute atomic E-state index is 0.261. The second kappa shape index (κ2) is 5.10. The van der Waals surface area contributed by atoms with Crippen LogP contribution in [0.1, 0.15) is 16.7 Å². The molecule has 0 unspecified atom stereocenters. The highest BCUT2D eigenvalue weighted by Crippen LogP contribution is 2.19. The first-order valence-corrected chi connectivity index (χ1v) is 5.99. The normalized spacial score (nSPS) is 10.4. The first-order chi connectivity index (χ1) is 8.97. The van der Waals surface area contributed by atoms with Gasteiger partial charge >= 0.3 is 5.97 Å². The van der Waals surface area contributed by atoms with E-state index in [2.05, 4.69) is 4.98 Å². The van der Waals surface area contributed by atoms with Crippen LogP contribution >= 0.6 is 0 Å². The predicted octanol–water partition coefficient (Wildman–Crippen LogP) is 2.29. The number of nitrogens with one attached hydrogen (secondary N) is 1. The zero-order chi connectivity index (χ0) is 14.0. The van der Waals surface area contributed by atoms with Crippen molar-refractivity contribution in [1.29, 1.82) is 0 Å². The Morgan fingerprint density at radius 3 is 2.47 bits per heavy atom. The smallest absolute Gasteiger partial charge is 0.308 e. The molecule has 4 heteroatoms. The average molecular weight is 257 g/mol. The molecule has 0 saturated carbocycles. The first kappa shape index (κ1) is 13.1. The van der Waals surface area contributed by atoms with E-state index in [-0.39, 0.29) is 17.5 Å². The van der Waals surface area contributed by atoms with E-state index in [0.717, 1.165) is 11.1 Å². The van der Waals surface area contributed by atoms with Gasteiger partial charge in [0.15, 0.2) is 0 Å². The highest BCUT2D eigenvalue weighted by molar-refractivity contribution is 5.70. The van der Waals surface area contributed by atoms with Crippen molar-refractivity contribution in [3.8, 4) is 11.3 Å². The molecule has 0 aliphatic carbocycles. The van der Waals surface area contributed by atoms with Crippen molar-refractivity contribution in [1.82, 2.24) is 4.98 Å². The van der Waals surface area contributed by atoms with Gasteiger partial charge < -0.3 is 10.1 Å². The predicted molar refractivity (Wildman–Crippen MR) is 73.3 cm³/mol. The summed E-state index contributed by atoms with van der Waals surface area (Å²) in [7, 11) is 0. The van der Waals surface area contributed by atoms with E-state index in [1.54, 1.807) is 12.1 Å². The monoisotopic (exact) mass is 257 g/mol. The number of carboxylic acid groups (broad SMARTS) is 1. The van der Waals surface area contributed by atoms with E-state index >= 15 is 0 Å². The van der Waals surface area contributed by atoms with Gasteiger partial charge in [-0.15, -0.1) is 0 Å². The molecular weight excluding hydrogens is 242 g/mol. The molecule has 0 saturated heterocycles. The van der Waals surface area contributed by atoms with Gasteiger partial charge in [-0.1, -0.05) is 18.2 Å². The zero-order valence-electron chi connectivity index (χ0n) is 10.9. The van der Waals surface area contributed by atoms with Crippen molar-refractivity contribution in [2.75, 3.05) is 0 Å². The van der Waals surface area contributed by atoms with Gasteiger partial charge in [0.25, 0.3) is 5.56 Å². The maximum Gasteiger partial charge on any atom is 0.308 e. The van der Waals surface area contributed by atoms with Gasteiger partial charge in [-0.2, -0.15) is 0 Å². The average Bonchev–Trinajstić information content (AvgIpc) is 2.35. The Kier molecular flexibility index (Phi) is 3.51. The van der Waals surface area contributed by atoms with Gasteiger partial charge in [0.1, 0.15) is 0 Å². The third kappa shape index (κ3) is 2.91. The van der Waals surface area contributed by atoms with Crippen molar-refractivity contribution >= 4 is 5.97 Å². The molecule has 0 bridgehead atoms. The van der Waals surface area contributed by atoms with Gasteiger partial charge in [0.2, 0.25) is 0 Å². The van der Waals surface area contributed by atoms with E-state index in [0.29, 0.717) is 5.69 Å². The first-order valence-electron chi connectivity index (χ1n) is 5.99. The van der Waals surface area contributed by atoms with Crippen LogP contribution in [0.4, 0.5) is 0 Å². The van der Waals surface area contributed by atoms with Crippen LogP contribution < -0.4 is 5.56 Å². The molecule has 4 nitrogen and oxygen atoms in total. The number of rotatable bonds is 3. The molecule has 2 aromatic rings. The molecule has 0 fully saturated rings. The van der Waals surface area contributed by atoms with E-state index in [1.165, 1.54) is 5.56 Å². The number of aromatic nitrogens is 1. The SMILES string of the molecule is Cc1ccc(-c2ccc(CC(=O)O)c(=O)[nH]2)cc1C. The lowest BCUT2D eigenvalue weighted by molar-refractivity contribution is -0.136. The molecule has 1 aromatic heterocycles. The lowest BCUT2D eigenvalue weighted by Gasteiger charge is -2.06. The molecule has 0 radical (unpaired) electrons. The maximum absolute atomic E-state index is 11.8. The van der Waals surface area contributed by atoms with Crippen LogP contribution in [0.5, 0.6) is 0 Å². The van der Waals surface area contributed by atoms with Gasteiger partial charge in [-0.05, 0) is 42.7 Å². The Labute approximate surface area is 110 Å². The lowest BCUT2D eigenvalue weighted by atomic mass is 10.0. The van der Waals surface area contributed by atoms with Crippen LogP contribution in [-0.2, 0) is 11.2 Å². The summed E-state index contributed by atoms with van der Waals surface area (Å²) in [5.41, 5.74) is 3.86. The summed E-state index contributed by atoms with van der Waals surface area (Å²) < 4.78 is 0. The molecule has 0 aliphatic heterocycles. The fourth-order valence-electron chi connectivity index (χ4n) is 1.88. The summed E-state index contributed by atoms with van der Waals surface area (Å²) >= 11 is 0. The summed E-state index contributed by atoms with van der Waals surface area (Å²) in [6.07, 6.45) is -0.261. The van der Waals surface area contributed by atoms with Crippen LogP contribution in [0, 0.1) is 13.8 Å². The third-order valence-electron chi connectivity index (χ3n) is 3.15. The largest absolute Gasteiger partial charge is 0.481 e. The Balaban J connectivity index is 2.41. The maximum atomic E-state index is 11.8. The number of pyridine rings is 1. The van der Waals surface area contributed by atoms with Crippen molar-refractivity contribution in [2.24, 2.45) is 0 Å². The highest BCUT2D eigenvalue weighted by Gasteiger charge is 2.07. The Hall–Kier alpha value is -2.36. The molecule has 98 valence electrons. The second-order valence-electron chi connectivity index (χ2n) is 4.60. The minimum Gasteiger partial charge on any atom is -0.481 e. The standard InChI is InChI=1S/C15H15NO3/c1-9-3-4-11(7-10(9)2)13-6-5-12(8-14(17)18)15(19)16-13/h3-7H,8H2,1-2H3,(H,16,19)(H,17,18). The van der Waals surface area contributed by atoms with Gasteiger partial charge in [-0.25, -0.2) is 0 Å². The van der Waals surface area contributed by atoms with Crippen molar-refractivity contribution < 1.29 is 9.90 Å². The van der Waals surface area contributed by atoms with Gasteiger partial charge in [0, 0.05) is 11.3 Å². The van der Waals surface area contributed by atoms with E-state index in [1.807, 2.05) is 32.0 Å². The summed E-state index contributed by atoms with van der Waals surface area (Å²) in [5.74, 6) is -1.01. The Morgan fingerprint density at radius 2 is 1.89 bits per heavy atom. The van der Waals surface area contributed by atoms with Crippen LogP contribution in [0.15, 0.2) is 35.1 Å². The fraction of sp³-hybridized carbons (Fsp3) is 0.200. The number of benzene rings is 1. The lowest BCUT2D eigenvalue weighted by Crippen LogP contribution is -2.16. The molecular formula is C15H15NO3. The van der Waals surface area contributed by atoms with E-state index in [4.69, 9.17) is 5.11 Å². The molecule has 19 heavy (non-hydrogen) atoms. The number of aromatic amines is 1. The summed E-state index contributed by atoms with van der Waals surface area (Å²) in [6, 6.07) is 9.23. The Morgan fingerprint density at radius 1 is 1.16 bits per heavy atom. The number of carbonyl (C=O) groups is 1. The quantitative estimate of drug-likeness (QED) is 0.886. The second-order valence-corrected chi connectivity index (χ2v) is 4.60. The molecule has 0 aliphatic rings. The molecule has 2 rings (SSSR count). The zero-order valence-corrected chi connectivity index (χ0v) is 10.9. The van der Waals surface area contributed by atoms with E-state index in [9.17, 15) is 9.59 Å². The minimum atomic E-state index is -1.01. The number of hydrogen-bond acceptors (Lipinski definition) is 2. The number of aliphatic carboxylic acids is 1. The highest BCUT2D eigenvalue weighted by atomic mass is 16.4. The molecule has 1 aromatic carbocycles. The molecule has 0 spiro atoms. The molecule has 0 amide bonds. The molecule has 0 atom stereocenters. The summed E-state index contributed by atoms with van der Waals surface area (Å²) in [4.78, 5) is 25.1. The topological polar surface area (TPSA) is 70.2 Å².